The van der Waals surface area contributed by atoms with Crippen LogP contribution in [0.1, 0.15) is 30.0 Å². The van der Waals surface area contributed by atoms with E-state index in [1.165, 1.54) is 29.5 Å². The van der Waals surface area contributed by atoms with Crippen LogP contribution in [-0.4, -0.2) is 20.3 Å². The zero-order chi connectivity index (χ0) is 17.6. The number of carbonyl (C=O) groups is 1. The van der Waals surface area contributed by atoms with E-state index in [-0.39, 0.29) is 27.2 Å². The van der Waals surface area contributed by atoms with Gasteiger partial charge in [-0.05, 0) is 46.6 Å². The van der Waals surface area contributed by atoms with E-state index in [9.17, 15) is 18.7 Å². The third-order valence-corrected chi connectivity index (χ3v) is 4.37. The van der Waals surface area contributed by atoms with E-state index in [1.54, 1.807) is 0 Å². The van der Waals surface area contributed by atoms with E-state index in [4.69, 9.17) is 0 Å². The summed E-state index contributed by atoms with van der Waals surface area (Å²) in [5.41, 5.74) is 1.42. The molecule has 3 aromatic rings. The third-order valence-electron chi connectivity index (χ3n) is 3.76. The number of carbonyl (C=O) groups excluding carboxylic acids is 1. The molecule has 0 saturated carbocycles. The van der Waals surface area contributed by atoms with Crippen molar-refractivity contribution >= 4 is 27.4 Å². The highest BCUT2D eigenvalue weighted by molar-refractivity contribution is 9.10. The first kappa shape index (κ1) is 16.6. The van der Waals surface area contributed by atoms with Crippen LogP contribution in [-0.2, 0) is 6.42 Å². The molecule has 4 nitrogen and oxygen atoms in total. The van der Waals surface area contributed by atoms with Crippen LogP contribution in [0.25, 0.3) is 16.9 Å². The molecule has 0 aliphatic heterocycles. The fourth-order valence-electron chi connectivity index (χ4n) is 2.73. The Morgan fingerprint density at radius 1 is 1.29 bits per heavy atom. The molecule has 0 unspecified atom stereocenters. The third kappa shape index (κ3) is 2.49. The Morgan fingerprint density at radius 3 is 2.58 bits per heavy atom. The van der Waals surface area contributed by atoms with E-state index >= 15 is 0 Å². The highest BCUT2D eigenvalue weighted by Gasteiger charge is 2.22. The van der Waals surface area contributed by atoms with Gasteiger partial charge in [-0.1, -0.05) is 6.92 Å². The molecule has 0 saturated heterocycles. The zero-order valence-electron chi connectivity index (χ0n) is 12.9. The van der Waals surface area contributed by atoms with E-state index in [0.29, 0.717) is 17.8 Å². The van der Waals surface area contributed by atoms with Gasteiger partial charge in [0.05, 0.1) is 15.9 Å². The normalized spacial score (nSPS) is 11.2. The van der Waals surface area contributed by atoms with E-state index in [0.717, 1.165) is 6.07 Å². The zero-order valence-corrected chi connectivity index (χ0v) is 14.5. The average Bonchev–Trinajstić information content (AvgIpc) is 2.90. The van der Waals surface area contributed by atoms with Crippen molar-refractivity contribution in [1.29, 1.82) is 0 Å². The van der Waals surface area contributed by atoms with Crippen LogP contribution in [0.15, 0.2) is 28.7 Å². The molecule has 3 rings (SSSR count). The van der Waals surface area contributed by atoms with Crippen LogP contribution in [0, 0.1) is 11.6 Å². The molecule has 124 valence electrons. The fraction of sp³-hybridized carbons (Fsp3) is 0.176. The number of Topliss-reactive ketones (excluding diaryl/α,β-unsaturated/α-hetero) is 1. The summed E-state index contributed by atoms with van der Waals surface area (Å²) in [6.07, 6.45) is 0.505. The lowest BCUT2D eigenvalue weighted by Crippen LogP contribution is -2.06. The largest absolute Gasteiger partial charge is 0.504 e. The van der Waals surface area contributed by atoms with Crippen molar-refractivity contribution in [2.24, 2.45) is 0 Å². The van der Waals surface area contributed by atoms with Crippen molar-refractivity contribution in [2.75, 3.05) is 0 Å². The van der Waals surface area contributed by atoms with Crippen LogP contribution in [0.4, 0.5) is 8.78 Å². The van der Waals surface area contributed by atoms with Crippen LogP contribution >= 0.6 is 15.9 Å². The van der Waals surface area contributed by atoms with E-state index in [2.05, 4.69) is 20.9 Å². The number of benzene rings is 1. The maximum absolute atomic E-state index is 14.6. The van der Waals surface area contributed by atoms with Gasteiger partial charge in [0.1, 0.15) is 17.2 Å². The average molecular weight is 395 g/mol. The summed E-state index contributed by atoms with van der Waals surface area (Å²) < 4.78 is 29.9. The quantitative estimate of drug-likeness (QED) is 0.664. The van der Waals surface area contributed by atoms with Crippen LogP contribution in [0.5, 0.6) is 5.75 Å². The van der Waals surface area contributed by atoms with Gasteiger partial charge >= 0.3 is 0 Å². The Hall–Kier alpha value is -2.28. The number of fused-ring (bicyclic) bond motifs is 1. The molecule has 0 radical (unpaired) electrons. The molecule has 0 spiro atoms. The first-order valence-electron chi connectivity index (χ1n) is 7.24. The molecule has 1 N–H and O–H groups in total. The number of ketones is 1. The van der Waals surface area contributed by atoms with Gasteiger partial charge < -0.3 is 5.11 Å². The van der Waals surface area contributed by atoms with Gasteiger partial charge in [0.2, 0.25) is 0 Å². The summed E-state index contributed by atoms with van der Waals surface area (Å²) >= 11 is 3.04. The van der Waals surface area contributed by atoms with Gasteiger partial charge in [-0.3, -0.25) is 9.20 Å². The number of aromatic hydroxyl groups is 1. The fourth-order valence-corrected chi connectivity index (χ4v) is 3.17. The lowest BCUT2D eigenvalue weighted by molar-refractivity contribution is 0.101. The second-order valence-corrected chi connectivity index (χ2v) is 6.18. The van der Waals surface area contributed by atoms with Crippen molar-refractivity contribution in [3.63, 3.8) is 0 Å². The molecule has 1 aromatic carbocycles. The van der Waals surface area contributed by atoms with Crippen LogP contribution < -0.4 is 0 Å². The Kier molecular flexibility index (Phi) is 4.13. The predicted octanol–water partition coefficient (Wildman–Crippen LogP) is 4.51. The van der Waals surface area contributed by atoms with Gasteiger partial charge in [0.25, 0.3) is 0 Å². The van der Waals surface area contributed by atoms with E-state index in [1.807, 2.05) is 6.92 Å². The number of halogens is 3. The summed E-state index contributed by atoms with van der Waals surface area (Å²) in [6.45, 7) is 3.23. The summed E-state index contributed by atoms with van der Waals surface area (Å²) in [4.78, 5) is 16.4. The van der Waals surface area contributed by atoms with Crippen molar-refractivity contribution in [3.8, 4) is 17.0 Å². The van der Waals surface area contributed by atoms with Gasteiger partial charge in [-0.2, -0.15) is 0 Å². The molecule has 0 amide bonds. The number of pyridine rings is 1. The summed E-state index contributed by atoms with van der Waals surface area (Å²) in [5, 5.41) is 9.56. The minimum atomic E-state index is -0.893. The molecule has 0 fully saturated rings. The van der Waals surface area contributed by atoms with Crippen molar-refractivity contribution in [3.05, 3.63) is 51.8 Å². The molecular formula is C17H13BrF2N2O2. The van der Waals surface area contributed by atoms with Crippen molar-refractivity contribution < 1.29 is 18.7 Å². The van der Waals surface area contributed by atoms with Gasteiger partial charge in [-0.15, -0.1) is 0 Å². The molecule has 0 aliphatic rings. The van der Waals surface area contributed by atoms with Gasteiger partial charge in [-0.25, -0.2) is 13.8 Å². The number of hydrogen-bond acceptors (Lipinski definition) is 3. The Morgan fingerprint density at radius 2 is 2.00 bits per heavy atom. The number of phenols is 1. The highest BCUT2D eigenvalue weighted by atomic mass is 79.9. The Labute approximate surface area is 144 Å². The number of rotatable bonds is 3. The second-order valence-electron chi connectivity index (χ2n) is 5.33. The molecule has 2 heterocycles. The topological polar surface area (TPSA) is 54.6 Å². The first-order valence-corrected chi connectivity index (χ1v) is 8.03. The van der Waals surface area contributed by atoms with E-state index < -0.39 is 17.4 Å². The number of aromatic nitrogens is 2. The monoisotopic (exact) mass is 394 g/mol. The number of nitrogens with zero attached hydrogens (tertiary/aromatic N) is 2. The van der Waals surface area contributed by atoms with Crippen LogP contribution in [0.3, 0.4) is 0 Å². The number of hydrogen-bond donors (Lipinski definition) is 1. The molecule has 2 aromatic heterocycles. The second kappa shape index (κ2) is 5.98. The molecule has 0 atom stereocenters. The SMILES string of the molecule is CCc1nc2ccc(F)c(-c3cc(F)c(O)c(Br)c3)n2c1C(C)=O. The minimum absolute atomic E-state index is 0.0181. The van der Waals surface area contributed by atoms with Crippen LogP contribution in [0.2, 0.25) is 0 Å². The number of aryl methyl sites for hydroxylation is 1. The Balaban J connectivity index is 2.46. The smallest absolute Gasteiger partial charge is 0.178 e. The summed E-state index contributed by atoms with van der Waals surface area (Å²) in [6, 6.07) is 5.11. The lowest BCUT2D eigenvalue weighted by Gasteiger charge is -2.11. The van der Waals surface area contributed by atoms with Gasteiger partial charge in [0.15, 0.2) is 17.3 Å². The van der Waals surface area contributed by atoms with Gasteiger partial charge in [0, 0.05) is 12.5 Å². The maximum atomic E-state index is 14.6. The molecular weight excluding hydrogens is 382 g/mol. The molecule has 7 heteroatoms. The summed E-state index contributed by atoms with van der Waals surface area (Å²) in [5.74, 6) is -2.33. The lowest BCUT2D eigenvalue weighted by atomic mass is 10.1. The van der Waals surface area contributed by atoms with Crippen molar-refractivity contribution in [2.45, 2.75) is 20.3 Å². The standard InChI is InChI=1S/C17H13BrF2N2O2/c1-3-13-15(8(2)23)22-14(21-13)5-4-11(19)16(22)9-6-10(18)17(24)12(20)7-9/h4-7,24H,3H2,1-2H3. The first-order chi connectivity index (χ1) is 11.3. The maximum Gasteiger partial charge on any atom is 0.178 e. The predicted molar refractivity (Wildman–Crippen MR) is 89.3 cm³/mol. The molecule has 24 heavy (non-hydrogen) atoms. The number of phenolic OH excluding ortho intramolecular Hbond substituents is 1. The minimum Gasteiger partial charge on any atom is -0.504 e. The number of imidazole rings is 1. The Bertz CT molecular complexity index is 959. The van der Waals surface area contributed by atoms with Crippen molar-refractivity contribution in [1.82, 2.24) is 9.38 Å². The molecule has 0 bridgehead atoms. The highest BCUT2D eigenvalue weighted by Crippen LogP contribution is 2.35. The molecule has 0 aliphatic carbocycles. The summed E-state index contributed by atoms with van der Waals surface area (Å²) in [7, 11) is 0.